The molecule has 0 saturated carbocycles. The maximum absolute atomic E-state index is 8.35. The van der Waals surface area contributed by atoms with E-state index in [2.05, 4.69) is 16.2 Å². The Kier molecular flexibility index (Phi) is 4.08. The van der Waals surface area contributed by atoms with Crippen LogP contribution in [0.1, 0.15) is 24.6 Å². The summed E-state index contributed by atoms with van der Waals surface area (Å²) < 4.78 is 5.01. The minimum absolute atomic E-state index is 0.533. The molecule has 0 aliphatic rings. The van der Waals surface area contributed by atoms with Gasteiger partial charge in [-0.25, -0.2) is 0 Å². The summed E-state index contributed by atoms with van der Waals surface area (Å²) in [5.74, 6) is 1.32. The molecule has 0 atom stereocenters. The molecule has 76 valence electrons. The molecule has 5 nitrogen and oxygen atoms in total. The van der Waals surface area contributed by atoms with Crippen molar-refractivity contribution < 1.29 is 4.52 Å². The lowest BCUT2D eigenvalue weighted by Gasteiger charge is -2.03. The zero-order chi connectivity index (χ0) is 10.4. The van der Waals surface area contributed by atoms with Crippen LogP contribution in [0, 0.1) is 11.3 Å². The number of rotatable bonds is 5. The van der Waals surface area contributed by atoms with Crippen molar-refractivity contribution >= 4 is 0 Å². The molecule has 0 unspecified atom stereocenters. The van der Waals surface area contributed by atoms with Gasteiger partial charge in [0.2, 0.25) is 5.89 Å². The van der Waals surface area contributed by atoms with Crippen LogP contribution >= 0.6 is 0 Å². The lowest BCUT2D eigenvalue weighted by molar-refractivity contribution is 0.348. The van der Waals surface area contributed by atoms with Gasteiger partial charge in [0.05, 0.1) is 12.6 Å². The Balaban J connectivity index is 2.39. The van der Waals surface area contributed by atoms with Crippen molar-refractivity contribution in [2.75, 3.05) is 14.1 Å². The standard InChI is InChI=1S/C9H14N4O/c1-13(2)7-8-11-9(14-12-8)5-3-4-6-10/h3-5,7H2,1-2H3. The number of aromatic nitrogens is 2. The molecule has 14 heavy (non-hydrogen) atoms. The van der Waals surface area contributed by atoms with Crippen molar-refractivity contribution in [3.8, 4) is 6.07 Å². The third-order valence-corrected chi connectivity index (χ3v) is 1.65. The minimum atomic E-state index is 0.533. The van der Waals surface area contributed by atoms with E-state index in [4.69, 9.17) is 9.78 Å². The second-order valence-corrected chi connectivity index (χ2v) is 3.35. The van der Waals surface area contributed by atoms with Crippen molar-refractivity contribution in [1.82, 2.24) is 15.0 Å². The quantitative estimate of drug-likeness (QED) is 0.653. The molecule has 1 heterocycles. The van der Waals surface area contributed by atoms with Crippen molar-refractivity contribution in [3.63, 3.8) is 0 Å². The summed E-state index contributed by atoms with van der Waals surface area (Å²) >= 11 is 0. The van der Waals surface area contributed by atoms with Crippen molar-refractivity contribution in [2.24, 2.45) is 0 Å². The number of hydrogen-bond acceptors (Lipinski definition) is 5. The first kappa shape index (κ1) is 10.7. The van der Waals surface area contributed by atoms with E-state index < -0.39 is 0 Å². The van der Waals surface area contributed by atoms with Gasteiger partial charge >= 0.3 is 0 Å². The Hall–Kier alpha value is -1.41. The fourth-order valence-corrected chi connectivity index (χ4v) is 1.06. The number of unbranched alkanes of at least 4 members (excludes halogenated alkanes) is 1. The van der Waals surface area contributed by atoms with E-state index in [1.165, 1.54) is 0 Å². The van der Waals surface area contributed by atoms with Gasteiger partial charge in [-0.2, -0.15) is 10.2 Å². The molecule has 0 amide bonds. The topological polar surface area (TPSA) is 66.0 Å². The Morgan fingerprint density at radius 3 is 2.93 bits per heavy atom. The fraction of sp³-hybridized carbons (Fsp3) is 0.667. The average Bonchev–Trinajstić information content (AvgIpc) is 2.52. The fourth-order valence-electron chi connectivity index (χ4n) is 1.06. The SMILES string of the molecule is CN(C)Cc1noc(CCCC#N)n1. The van der Waals surface area contributed by atoms with Crippen LogP contribution in [-0.4, -0.2) is 29.1 Å². The third kappa shape index (κ3) is 3.54. The summed E-state index contributed by atoms with van der Waals surface area (Å²) in [6.45, 7) is 0.682. The molecule has 0 saturated heterocycles. The van der Waals surface area contributed by atoms with E-state index in [1.807, 2.05) is 19.0 Å². The smallest absolute Gasteiger partial charge is 0.226 e. The highest BCUT2D eigenvalue weighted by atomic mass is 16.5. The van der Waals surface area contributed by atoms with Crippen LogP contribution in [0.4, 0.5) is 0 Å². The van der Waals surface area contributed by atoms with Crippen LogP contribution in [0.2, 0.25) is 0 Å². The first-order valence-electron chi connectivity index (χ1n) is 4.55. The van der Waals surface area contributed by atoms with Gasteiger partial charge in [-0.1, -0.05) is 5.16 Å². The zero-order valence-corrected chi connectivity index (χ0v) is 8.53. The van der Waals surface area contributed by atoms with E-state index >= 15 is 0 Å². The summed E-state index contributed by atoms with van der Waals surface area (Å²) in [6, 6.07) is 2.08. The molecule has 0 aromatic carbocycles. The van der Waals surface area contributed by atoms with Crippen LogP contribution in [0.3, 0.4) is 0 Å². The summed E-state index contributed by atoms with van der Waals surface area (Å²) in [7, 11) is 3.90. The highest BCUT2D eigenvalue weighted by Gasteiger charge is 2.06. The van der Waals surface area contributed by atoms with E-state index in [0.717, 1.165) is 6.42 Å². The number of nitriles is 1. The molecule has 0 radical (unpaired) electrons. The largest absolute Gasteiger partial charge is 0.339 e. The highest BCUT2D eigenvalue weighted by molar-refractivity contribution is 4.86. The van der Waals surface area contributed by atoms with Crippen molar-refractivity contribution in [3.05, 3.63) is 11.7 Å². The summed E-state index contributed by atoms with van der Waals surface area (Å²) in [4.78, 5) is 6.17. The van der Waals surface area contributed by atoms with Gasteiger partial charge in [0, 0.05) is 12.8 Å². The molecule has 0 N–H and O–H groups in total. The molecule has 0 aliphatic carbocycles. The first-order chi connectivity index (χ1) is 6.72. The van der Waals surface area contributed by atoms with E-state index in [9.17, 15) is 0 Å². The molecule has 0 aliphatic heterocycles. The maximum atomic E-state index is 8.35. The second-order valence-electron chi connectivity index (χ2n) is 3.35. The van der Waals surface area contributed by atoms with Gasteiger partial charge in [0.15, 0.2) is 5.82 Å². The molecule has 1 aromatic rings. The molecule has 5 heteroatoms. The minimum Gasteiger partial charge on any atom is -0.339 e. The first-order valence-corrected chi connectivity index (χ1v) is 4.55. The molecule has 0 spiro atoms. The van der Waals surface area contributed by atoms with E-state index in [-0.39, 0.29) is 0 Å². The summed E-state index contributed by atoms with van der Waals surface area (Å²) in [5.41, 5.74) is 0. The number of hydrogen-bond donors (Lipinski definition) is 0. The lowest BCUT2D eigenvalue weighted by atomic mass is 10.2. The highest BCUT2D eigenvalue weighted by Crippen LogP contribution is 2.03. The van der Waals surface area contributed by atoms with Crippen molar-refractivity contribution in [1.29, 1.82) is 5.26 Å². The Labute approximate surface area is 83.3 Å². The molecule has 0 bridgehead atoms. The lowest BCUT2D eigenvalue weighted by Crippen LogP contribution is -2.11. The van der Waals surface area contributed by atoms with Gasteiger partial charge < -0.3 is 9.42 Å². The van der Waals surface area contributed by atoms with E-state index in [0.29, 0.717) is 31.1 Å². The van der Waals surface area contributed by atoms with Gasteiger partial charge in [0.25, 0.3) is 0 Å². The summed E-state index contributed by atoms with van der Waals surface area (Å²) in [6.07, 6.45) is 2.00. The average molecular weight is 194 g/mol. The molecular weight excluding hydrogens is 180 g/mol. The van der Waals surface area contributed by atoms with Crippen LogP contribution in [0.5, 0.6) is 0 Å². The molecule has 1 rings (SSSR count). The van der Waals surface area contributed by atoms with Gasteiger partial charge in [-0.05, 0) is 20.5 Å². The zero-order valence-electron chi connectivity index (χ0n) is 8.53. The van der Waals surface area contributed by atoms with E-state index in [1.54, 1.807) is 0 Å². The second kappa shape index (κ2) is 5.35. The van der Waals surface area contributed by atoms with Gasteiger partial charge in [-0.3, -0.25) is 0 Å². The molecule has 1 aromatic heterocycles. The van der Waals surface area contributed by atoms with Crippen LogP contribution < -0.4 is 0 Å². The monoisotopic (exact) mass is 194 g/mol. The Bertz CT molecular complexity index is 313. The maximum Gasteiger partial charge on any atom is 0.226 e. The summed E-state index contributed by atoms with van der Waals surface area (Å²) in [5, 5.41) is 12.2. The Morgan fingerprint density at radius 1 is 1.50 bits per heavy atom. The number of nitrogens with zero attached hydrogens (tertiary/aromatic N) is 4. The normalized spacial score (nSPS) is 10.4. The van der Waals surface area contributed by atoms with Crippen LogP contribution in [0.15, 0.2) is 4.52 Å². The van der Waals surface area contributed by atoms with Crippen LogP contribution in [0.25, 0.3) is 0 Å². The number of aryl methyl sites for hydroxylation is 1. The van der Waals surface area contributed by atoms with Gasteiger partial charge in [0.1, 0.15) is 0 Å². The molecule has 0 fully saturated rings. The third-order valence-electron chi connectivity index (χ3n) is 1.65. The predicted molar refractivity (Wildman–Crippen MR) is 50.2 cm³/mol. The van der Waals surface area contributed by atoms with Crippen molar-refractivity contribution in [2.45, 2.75) is 25.8 Å². The molecular formula is C9H14N4O. The van der Waals surface area contributed by atoms with Gasteiger partial charge in [-0.15, -0.1) is 0 Å². The van der Waals surface area contributed by atoms with Crippen LogP contribution in [-0.2, 0) is 13.0 Å². The Morgan fingerprint density at radius 2 is 2.29 bits per heavy atom. The predicted octanol–water partition coefficient (Wildman–Crippen LogP) is 0.977.